The van der Waals surface area contributed by atoms with Gasteiger partial charge in [0.15, 0.2) is 5.96 Å². The highest BCUT2D eigenvalue weighted by Gasteiger charge is 2.22. The number of guanidine groups is 1. The summed E-state index contributed by atoms with van der Waals surface area (Å²) in [6.07, 6.45) is 6.38. The molecule has 0 bridgehead atoms. The van der Waals surface area contributed by atoms with E-state index in [1.807, 2.05) is 4.90 Å². The van der Waals surface area contributed by atoms with Gasteiger partial charge in [-0.1, -0.05) is 13.8 Å². The van der Waals surface area contributed by atoms with Crippen molar-refractivity contribution in [3.8, 4) is 0 Å². The standard InChI is InChI=1S/C18H36N4O/c1-14(2)9-10-15(3)21-18(19-5)20-12-11-17(23)22-13-7-6-8-16(22)4/h14-16H,6-13H2,1-5H3,(H2,19,20,21). The summed E-state index contributed by atoms with van der Waals surface area (Å²) in [5, 5.41) is 6.66. The summed E-state index contributed by atoms with van der Waals surface area (Å²) >= 11 is 0. The van der Waals surface area contributed by atoms with Crippen molar-refractivity contribution in [2.24, 2.45) is 10.9 Å². The zero-order valence-corrected chi connectivity index (χ0v) is 15.7. The Kier molecular flexibility index (Phi) is 9.03. The first-order chi connectivity index (χ1) is 10.9. The second kappa shape index (κ2) is 10.5. The Hall–Kier alpha value is -1.26. The van der Waals surface area contributed by atoms with Gasteiger partial charge in [-0.25, -0.2) is 0 Å². The molecule has 2 N–H and O–H groups in total. The van der Waals surface area contributed by atoms with Gasteiger partial charge in [-0.2, -0.15) is 0 Å². The smallest absolute Gasteiger partial charge is 0.224 e. The number of nitrogens with zero attached hydrogens (tertiary/aromatic N) is 2. The van der Waals surface area contributed by atoms with E-state index in [4.69, 9.17) is 0 Å². The molecule has 1 saturated heterocycles. The maximum Gasteiger partial charge on any atom is 0.224 e. The molecule has 134 valence electrons. The minimum atomic E-state index is 0.257. The van der Waals surface area contributed by atoms with Gasteiger partial charge in [-0.3, -0.25) is 9.79 Å². The summed E-state index contributed by atoms with van der Waals surface area (Å²) in [7, 11) is 1.78. The molecule has 1 fully saturated rings. The van der Waals surface area contributed by atoms with Gasteiger partial charge in [0, 0.05) is 38.6 Å². The molecule has 5 nitrogen and oxygen atoms in total. The molecule has 2 unspecified atom stereocenters. The Morgan fingerprint density at radius 3 is 2.61 bits per heavy atom. The number of carbonyl (C=O) groups excluding carboxylic acids is 1. The highest BCUT2D eigenvalue weighted by molar-refractivity contribution is 5.81. The van der Waals surface area contributed by atoms with E-state index in [0.29, 0.717) is 25.0 Å². The molecular formula is C18H36N4O. The first kappa shape index (κ1) is 19.8. The summed E-state index contributed by atoms with van der Waals surface area (Å²) in [5.41, 5.74) is 0. The Morgan fingerprint density at radius 2 is 2.00 bits per heavy atom. The van der Waals surface area contributed by atoms with Crippen molar-refractivity contribution in [2.45, 2.75) is 78.3 Å². The molecule has 23 heavy (non-hydrogen) atoms. The van der Waals surface area contributed by atoms with Crippen LogP contribution in [0.1, 0.15) is 66.2 Å². The van der Waals surface area contributed by atoms with Gasteiger partial charge < -0.3 is 15.5 Å². The highest BCUT2D eigenvalue weighted by Crippen LogP contribution is 2.16. The van der Waals surface area contributed by atoms with E-state index in [0.717, 1.165) is 37.7 Å². The average molecular weight is 325 g/mol. The summed E-state index contributed by atoms with van der Waals surface area (Å²) < 4.78 is 0. The SMILES string of the molecule is CN=C(NCCC(=O)N1CCCCC1C)NC(C)CCC(C)C. The number of hydrogen-bond donors (Lipinski definition) is 2. The number of piperidine rings is 1. The normalized spacial score (nSPS) is 20.5. The van der Waals surface area contributed by atoms with E-state index in [9.17, 15) is 4.79 Å². The van der Waals surface area contributed by atoms with Gasteiger partial charge in [0.05, 0.1) is 0 Å². The monoisotopic (exact) mass is 324 g/mol. The summed E-state index contributed by atoms with van der Waals surface area (Å²) in [6, 6.07) is 0.783. The van der Waals surface area contributed by atoms with Crippen LogP contribution in [0.15, 0.2) is 4.99 Å². The third kappa shape index (κ3) is 7.71. The van der Waals surface area contributed by atoms with Crippen LogP contribution in [0.3, 0.4) is 0 Å². The van der Waals surface area contributed by atoms with Crippen molar-refractivity contribution in [1.29, 1.82) is 0 Å². The molecule has 1 rings (SSSR count). The van der Waals surface area contributed by atoms with E-state index in [2.05, 4.69) is 43.3 Å². The molecule has 5 heteroatoms. The van der Waals surface area contributed by atoms with E-state index in [-0.39, 0.29) is 5.91 Å². The molecule has 0 aromatic heterocycles. The minimum absolute atomic E-state index is 0.257. The number of aliphatic imine (C=N–C) groups is 1. The van der Waals surface area contributed by atoms with Crippen LogP contribution < -0.4 is 10.6 Å². The Labute approximate surface area is 142 Å². The number of likely N-dealkylation sites (tertiary alicyclic amines) is 1. The van der Waals surface area contributed by atoms with Crippen LogP contribution in [-0.4, -0.2) is 49.0 Å². The van der Waals surface area contributed by atoms with Crippen LogP contribution >= 0.6 is 0 Å². The predicted octanol–water partition coefficient (Wildman–Crippen LogP) is 2.77. The quantitative estimate of drug-likeness (QED) is 0.559. The molecule has 0 aromatic rings. The number of rotatable bonds is 7. The Morgan fingerprint density at radius 1 is 1.26 bits per heavy atom. The summed E-state index contributed by atoms with van der Waals surface area (Å²) in [4.78, 5) is 18.6. The second-order valence-corrected chi connectivity index (χ2v) is 7.20. The molecule has 0 radical (unpaired) electrons. The number of hydrogen-bond acceptors (Lipinski definition) is 2. The lowest BCUT2D eigenvalue weighted by Crippen LogP contribution is -2.45. The van der Waals surface area contributed by atoms with Crippen molar-refractivity contribution >= 4 is 11.9 Å². The second-order valence-electron chi connectivity index (χ2n) is 7.20. The zero-order valence-electron chi connectivity index (χ0n) is 15.7. The summed E-state index contributed by atoms with van der Waals surface area (Å²) in [6.45, 7) is 10.4. The van der Waals surface area contributed by atoms with Crippen molar-refractivity contribution in [3.05, 3.63) is 0 Å². The minimum Gasteiger partial charge on any atom is -0.356 e. The van der Waals surface area contributed by atoms with Crippen LogP contribution in [0.5, 0.6) is 0 Å². The van der Waals surface area contributed by atoms with Crippen molar-refractivity contribution in [1.82, 2.24) is 15.5 Å². The lowest BCUT2D eigenvalue weighted by Gasteiger charge is -2.33. The molecule has 2 atom stereocenters. The van der Waals surface area contributed by atoms with E-state index >= 15 is 0 Å². The number of carbonyl (C=O) groups is 1. The molecule has 0 aliphatic carbocycles. The number of nitrogens with one attached hydrogen (secondary N) is 2. The predicted molar refractivity (Wildman–Crippen MR) is 97.7 cm³/mol. The lowest BCUT2D eigenvalue weighted by atomic mass is 10.0. The fraction of sp³-hybridized carbons (Fsp3) is 0.889. The number of amides is 1. The van der Waals surface area contributed by atoms with Crippen LogP contribution in [0.4, 0.5) is 0 Å². The van der Waals surface area contributed by atoms with Gasteiger partial charge in [-0.15, -0.1) is 0 Å². The van der Waals surface area contributed by atoms with Crippen molar-refractivity contribution in [2.75, 3.05) is 20.1 Å². The highest BCUT2D eigenvalue weighted by atomic mass is 16.2. The van der Waals surface area contributed by atoms with Gasteiger partial charge in [0.1, 0.15) is 0 Å². The fourth-order valence-corrected chi connectivity index (χ4v) is 2.98. The molecule has 0 saturated carbocycles. The zero-order chi connectivity index (χ0) is 17.2. The molecule has 0 spiro atoms. The molecule has 1 aliphatic rings. The largest absolute Gasteiger partial charge is 0.356 e. The molecule has 1 aliphatic heterocycles. The van der Waals surface area contributed by atoms with Gasteiger partial charge >= 0.3 is 0 Å². The van der Waals surface area contributed by atoms with Gasteiger partial charge in [-0.05, 0) is 51.9 Å². The van der Waals surface area contributed by atoms with Gasteiger partial charge in [0.25, 0.3) is 0 Å². The summed E-state index contributed by atoms with van der Waals surface area (Å²) in [5.74, 6) is 1.77. The van der Waals surface area contributed by atoms with Gasteiger partial charge in [0.2, 0.25) is 5.91 Å². The van der Waals surface area contributed by atoms with Crippen LogP contribution in [-0.2, 0) is 4.79 Å². The van der Waals surface area contributed by atoms with Crippen LogP contribution in [0.25, 0.3) is 0 Å². The average Bonchev–Trinajstić information content (AvgIpc) is 2.52. The fourth-order valence-electron chi connectivity index (χ4n) is 2.98. The first-order valence-corrected chi connectivity index (χ1v) is 9.20. The Balaban J connectivity index is 2.27. The van der Waals surface area contributed by atoms with E-state index in [1.54, 1.807) is 7.05 Å². The molecule has 0 aromatic carbocycles. The first-order valence-electron chi connectivity index (χ1n) is 9.20. The molecule has 1 amide bonds. The third-order valence-corrected chi connectivity index (χ3v) is 4.54. The van der Waals surface area contributed by atoms with Crippen LogP contribution in [0.2, 0.25) is 0 Å². The van der Waals surface area contributed by atoms with Crippen LogP contribution in [0, 0.1) is 5.92 Å². The maximum atomic E-state index is 12.3. The Bertz CT molecular complexity index is 381. The van der Waals surface area contributed by atoms with Crippen molar-refractivity contribution < 1.29 is 4.79 Å². The van der Waals surface area contributed by atoms with E-state index in [1.165, 1.54) is 12.8 Å². The third-order valence-electron chi connectivity index (χ3n) is 4.54. The van der Waals surface area contributed by atoms with Crippen molar-refractivity contribution in [3.63, 3.8) is 0 Å². The lowest BCUT2D eigenvalue weighted by molar-refractivity contribution is -0.134. The van der Waals surface area contributed by atoms with E-state index < -0.39 is 0 Å². The topological polar surface area (TPSA) is 56.7 Å². The molecular weight excluding hydrogens is 288 g/mol. The maximum absolute atomic E-state index is 12.3. The molecule has 1 heterocycles.